The highest BCUT2D eigenvalue weighted by atomic mass is 35.5. The number of thiophene rings is 1. The summed E-state index contributed by atoms with van der Waals surface area (Å²) in [6, 6.07) is 12.0. The average Bonchev–Trinajstić information content (AvgIpc) is 3.08. The lowest BCUT2D eigenvalue weighted by Crippen LogP contribution is -2.22. The third kappa shape index (κ3) is 5.41. The zero-order valence-electron chi connectivity index (χ0n) is 16.2. The minimum atomic E-state index is -0.798. The number of pyridine rings is 1. The quantitative estimate of drug-likeness (QED) is 0.375. The van der Waals surface area contributed by atoms with Gasteiger partial charge in [-0.2, -0.15) is 0 Å². The summed E-state index contributed by atoms with van der Waals surface area (Å²) in [6.07, 6.45) is 1.42. The molecule has 1 amide bonds. The van der Waals surface area contributed by atoms with Gasteiger partial charge in [0, 0.05) is 11.8 Å². The molecule has 7 nitrogen and oxygen atoms in total. The molecule has 0 fully saturated rings. The van der Waals surface area contributed by atoms with Crippen molar-refractivity contribution in [1.29, 1.82) is 0 Å². The van der Waals surface area contributed by atoms with Crippen LogP contribution in [-0.4, -0.2) is 36.0 Å². The van der Waals surface area contributed by atoms with E-state index in [-0.39, 0.29) is 27.9 Å². The zero-order valence-corrected chi connectivity index (χ0v) is 18.5. The summed E-state index contributed by atoms with van der Waals surface area (Å²) in [4.78, 5) is 40.9. The number of halogens is 2. The van der Waals surface area contributed by atoms with Crippen molar-refractivity contribution in [2.75, 3.05) is 18.5 Å². The Morgan fingerprint density at radius 3 is 2.45 bits per heavy atom. The minimum Gasteiger partial charge on any atom is -0.462 e. The number of esters is 2. The first-order valence-electron chi connectivity index (χ1n) is 9.04. The van der Waals surface area contributed by atoms with E-state index in [0.717, 1.165) is 11.3 Å². The predicted octanol–water partition coefficient (Wildman–Crippen LogP) is 5.09. The summed E-state index contributed by atoms with van der Waals surface area (Å²) < 4.78 is 10.4. The lowest BCUT2D eigenvalue weighted by atomic mass is 10.0. The van der Waals surface area contributed by atoms with Gasteiger partial charge in [-0.3, -0.25) is 4.79 Å². The van der Waals surface area contributed by atoms with Crippen LogP contribution < -0.4 is 5.32 Å². The van der Waals surface area contributed by atoms with Crippen LogP contribution in [0.3, 0.4) is 0 Å². The van der Waals surface area contributed by atoms with Crippen molar-refractivity contribution in [1.82, 2.24) is 4.98 Å². The molecule has 160 valence electrons. The fourth-order valence-electron chi connectivity index (χ4n) is 2.66. The Kier molecular flexibility index (Phi) is 7.62. The van der Waals surface area contributed by atoms with Gasteiger partial charge in [-0.15, -0.1) is 11.3 Å². The molecule has 31 heavy (non-hydrogen) atoms. The van der Waals surface area contributed by atoms with E-state index in [4.69, 9.17) is 32.7 Å². The Labute approximate surface area is 191 Å². The van der Waals surface area contributed by atoms with Crippen LogP contribution in [0.1, 0.15) is 27.6 Å². The van der Waals surface area contributed by atoms with E-state index < -0.39 is 24.5 Å². The first-order chi connectivity index (χ1) is 14.9. The molecule has 0 saturated heterocycles. The van der Waals surface area contributed by atoms with Crippen LogP contribution >= 0.6 is 34.5 Å². The molecule has 0 bridgehead atoms. The summed E-state index contributed by atoms with van der Waals surface area (Å²) >= 11 is 13.3. The second-order valence-electron chi connectivity index (χ2n) is 6.01. The second kappa shape index (κ2) is 10.4. The molecule has 1 N–H and O–H groups in total. The van der Waals surface area contributed by atoms with Gasteiger partial charge in [0.15, 0.2) is 6.61 Å². The van der Waals surface area contributed by atoms with Gasteiger partial charge in [0.25, 0.3) is 5.91 Å². The Bertz CT molecular complexity index is 1120. The molecule has 0 radical (unpaired) electrons. The number of anilines is 1. The van der Waals surface area contributed by atoms with Crippen molar-refractivity contribution in [3.63, 3.8) is 0 Å². The lowest BCUT2D eigenvalue weighted by Gasteiger charge is -2.09. The SMILES string of the molecule is CCOC(=O)c1c(NC(=O)COC(=O)c2cccnc2Cl)sc(Cl)c1-c1ccccc1. The Morgan fingerprint density at radius 1 is 1.03 bits per heavy atom. The highest BCUT2D eigenvalue weighted by molar-refractivity contribution is 7.21. The molecular weight excluding hydrogens is 463 g/mol. The number of hydrogen-bond acceptors (Lipinski definition) is 7. The van der Waals surface area contributed by atoms with E-state index >= 15 is 0 Å². The van der Waals surface area contributed by atoms with Gasteiger partial charge in [0.2, 0.25) is 0 Å². The van der Waals surface area contributed by atoms with E-state index in [0.29, 0.717) is 15.5 Å². The van der Waals surface area contributed by atoms with Crippen molar-refractivity contribution >= 4 is 57.4 Å². The maximum atomic E-state index is 12.6. The van der Waals surface area contributed by atoms with Gasteiger partial charge in [-0.05, 0) is 24.6 Å². The second-order valence-corrected chi connectivity index (χ2v) is 7.99. The van der Waals surface area contributed by atoms with E-state index in [9.17, 15) is 14.4 Å². The number of nitrogens with zero attached hydrogens (tertiary/aromatic N) is 1. The van der Waals surface area contributed by atoms with Crippen molar-refractivity contribution in [3.8, 4) is 11.1 Å². The van der Waals surface area contributed by atoms with Gasteiger partial charge in [0.05, 0.1) is 12.2 Å². The van der Waals surface area contributed by atoms with E-state index in [2.05, 4.69) is 10.3 Å². The third-order valence-electron chi connectivity index (χ3n) is 3.97. The first kappa shape index (κ1) is 22.7. The Morgan fingerprint density at radius 2 is 1.77 bits per heavy atom. The molecule has 2 heterocycles. The van der Waals surface area contributed by atoms with Crippen LogP contribution in [0.5, 0.6) is 0 Å². The van der Waals surface area contributed by atoms with Crippen LogP contribution in [-0.2, 0) is 14.3 Å². The third-order valence-corrected chi connectivity index (χ3v) is 5.59. The van der Waals surface area contributed by atoms with Crippen molar-refractivity contribution in [2.45, 2.75) is 6.92 Å². The summed E-state index contributed by atoms with van der Waals surface area (Å²) in [5.74, 6) is -2.08. The standard InChI is InChI=1S/C21H16Cl2N2O5S/c1-2-29-21(28)16-15(12-7-4-3-5-8-12)18(23)31-19(16)25-14(26)11-30-20(27)13-9-6-10-24-17(13)22/h3-10H,2,11H2,1H3,(H,25,26). The number of carbonyl (C=O) groups excluding carboxylic acids is 3. The van der Waals surface area contributed by atoms with E-state index in [1.54, 1.807) is 31.2 Å². The molecule has 0 aliphatic heterocycles. The number of benzene rings is 1. The van der Waals surface area contributed by atoms with Gasteiger partial charge in [-0.25, -0.2) is 14.6 Å². The Hall–Kier alpha value is -2.94. The molecule has 3 aromatic rings. The number of aromatic nitrogens is 1. The molecule has 0 saturated carbocycles. The summed E-state index contributed by atoms with van der Waals surface area (Å²) in [6.45, 7) is 1.23. The van der Waals surface area contributed by atoms with Gasteiger partial charge in [-0.1, -0.05) is 53.5 Å². The van der Waals surface area contributed by atoms with Crippen LogP contribution in [0.25, 0.3) is 11.1 Å². The topological polar surface area (TPSA) is 94.6 Å². The number of hydrogen-bond donors (Lipinski definition) is 1. The van der Waals surface area contributed by atoms with Crippen molar-refractivity contribution < 1.29 is 23.9 Å². The molecule has 0 aliphatic rings. The fourth-order valence-corrected chi connectivity index (χ4v) is 4.25. The average molecular weight is 479 g/mol. The molecule has 3 rings (SSSR count). The predicted molar refractivity (Wildman–Crippen MR) is 119 cm³/mol. The minimum absolute atomic E-state index is 0.0324. The molecule has 2 aromatic heterocycles. The Balaban J connectivity index is 1.80. The maximum absolute atomic E-state index is 12.6. The lowest BCUT2D eigenvalue weighted by molar-refractivity contribution is -0.119. The fraction of sp³-hybridized carbons (Fsp3) is 0.143. The van der Waals surface area contributed by atoms with Gasteiger partial charge < -0.3 is 14.8 Å². The summed E-state index contributed by atoms with van der Waals surface area (Å²) in [5.41, 5.74) is 1.33. The molecule has 0 atom stereocenters. The summed E-state index contributed by atoms with van der Waals surface area (Å²) in [7, 11) is 0. The number of amides is 1. The number of nitrogens with one attached hydrogen (secondary N) is 1. The highest BCUT2D eigenvalue weighted by Crippen LogP contribution is 2.43. The number of ether oxygens (including phenoxy) is 2. The molecular formula is C21H16Cl2N2O5S. The van der Waals surface area contributed by atoms with Gasteiger partial charge >= 0.3 is 11.9 Å². The van der Waals surface area contributed by atoms with Crippen LogP contribution in [0.4, 0.5) is 5.00 Å². The first-order valence-corrected chi connectivity index (χ1v) is 10.6. The molecule has 0 spiro atoms. The van der Waals surface area contributed by atoms with Crippen molar-refractivity contribution in [2.24, 2.45) is 0 Å². The summed E-state index contributed by atoms with van der Waals surface area (Å²) in [5, 5.41) is 2.74. The van der Waals surface area contributed by atoms with E-state index in [1.165, 1.54) is 18.3 Å². The normalized spacial score (nSPS) is 10.4. The van der Waals surface area contributed by atoms with Crippen molar-refractivity contribution in [3.05, 3.63) is 69.3 Å². The largest absolute Gasteiger partial charge is 0.462 e. The molecule has 0 aliphatic carbocycles. The maximum Gasteiger partial charge on any atom is 0.341 e. The molecule has 0 unspecified atom stereocenters. The highest BCUT2D eigenvalue weighted by Gasteiger charge is 2.26. The monoisotopic (exact) mass is 478 g/mol. The van der Waals surface area contributed by atoms with Gasteiger partial charge in [0.1, 0.15) is 20.1 Å². The van der Waals surface area contributed by atoms with Crippen LogP contribution in [0.15, 0.2) is 48.7 Å². The number of rotatable bonds is 7. The molecule has 1 aromatic carbocycles. The van der Waals surface area contributed by atoms with Crippen LogP contribution in [0.2, 0.25) is 9.49 Å². The molecule has 10 heteroatoms. The van der Waals surface area contributed by atoms with E-state index in [1.807, 2.05) is 6.07 Å². The zero-order chi connectivity index (χ0) is 22.4. The van der Waals surface area contributed by atoms with Crippen LogP contribution in [0, 0.1) is 0 Å². The smallest absolute Gasteiger partial charge is 0.341 e. The number of carbonyl (C=O) groups is 3.